The van der Waals surface area contributed by atoms with Crippen LogP contribution in [0.25, 0.3) is 11.1 Å². The summed E-state index contributed by atoms with van der Waals surface area (Å²) in [6.45, 7) is 0.461. The summed E-state index contributed by atoms with van der Waals surface area (Å²) < 4.78 is 5.58. The molecule has 3 aromatic rings. The molecule has 2 heterocycles. The van der Waals surface area contributed by atoms with Crippen molar-refractivity contribution in [2.75, 3.05) is 6.54 Å². The first-order valence-electron chi connectivity index (χ1n) is 6.36. The topological polar surface area (TPSA) is 68.0 Å². The number of nitrogens with zero attached hydrogens (tertiary/aromatic N) is 2. The van der Waals surface area contributed by atoms with Crippen LogP contribution in [0.4, 0.5) is 0 Å². The van der Waals surface area contributed by atoms with Gasteiger partial charge in [0.25, 0.3) is 5.91 Å². The minimum atomic E-state index is -0.193. The molecule has 1 amide bonds. The number of aromatic nitrogens is 2. The third-order valence-corrected chi connectivity index (χ3v) is 2.86. The van der Waals surface area contributed by atoms with Gasteiger partial charge in [-0.15, -0.1) is 0 Å². The maximum Gasteiger partial charge on any atom is 0.269 e. The molecule has 0 bridgehead atoms. The van der Waals surface area contributed by atoms with Crippen molar-refractivity contribution in [1.82, 2.24) is 15.3 Å². The van der Waals surface area contributed by atoms with Gasteiger partial charge >= 0.3 is 0 Å². The lowest BCUT2D eigenvalue weighted by atomic mass is 10.3. The molecular formula is C15H13N3O2. The maximum atomic E-state index is 11.8. The van der Waals surface area contributed by atoms with Crippen molar-refractivity contribution < 1.29 is 9.21 Å². The van der Waals surface area contributed by atoms with Crippen LogP contribution in [0.5, 0.6) is 0 Å². The molecule has 0 aliphatic rings. The molecule has 3 rings (SSSR count). The van der Waals surface area contributed by atoms with E-state index >= 15 is 0 Å². The minimum Gasteiger partial charge on any atom is -0.441 e. The molecule has 2 aromatic heterocycles. The molecule has 0 spiro atoms. The molecule has 0 saturated heterocycles. The number of benzene rings is 1. The predicted octanol–water partition coefficient (Wildman–Crippen LogP) is 2.20. The highest BCUT2D eigenvalue weighted by Gasteiger charge is 2.08. The van der Waals surface area contributed by atoms with E-state index in [1.54, 1.807) is 24.4 Å². The molecule has 1 N–H and O–H groups in total. The molecule has 0 unspecified atom stereocenters. The van der Waals surface area contributed by atoms with Crippen molar-refractivity contribution in [2.45, 2.75) is 6.42 Å². The number of pyridine rings is 1. The number of rotatable bonds is 4. The summed E-state index contributed by atoms with van der Waals surface area (Å²) in [7, 11) is 0. The van der Waals surface area contributed by atoms with Gasteiger partial charge in [0.15, 0.2) is 11.5 Å². The summed E-state index contributed by atoms with van der Waals surface area (Å²) in [5.74, 6) is 0.425. The zero-order chi connectivity index (χ0) is 13.8. The van der Waals surface area contributed by atoms with Gasteiger partial charge < -0.3 is 9.73 Å². The van der Waals surface area contributed by atoms with Gasteiger partial charge in [-0.1, -0.05) is 18.2 Å². The van der Waals surface area contributed by atoms with Gasteiger partial charge in [0.1, 0.15) is 11.2 Å². The molecule has 1 aromatic carbocycles. The Balaban J connectivity index is 1.58. The summed E-state index contributed by atoms with van der Waals surface area (Å²) in [5, 5.41) is 2.79. The van der Waals surface area contributed by atoms with Gasteiger partial charge in [0, 0.05) is 19.2 Å². The Hall–Kier alpha value is -2.69. The predicted molar refractivity (Wildman–Crippen MR) is 74.3 cm³/mol. The summed E-state index contributed by atoms with van der Waals surface area (Å²) in [4.78, 5) is 20.1. The first-order valence-corrected chi connectivity index (χ1v) is 6.36. The Bertz CT molecular complexity index is 689. The summed E-state index contributed by atoms with van der Waals surface area (Å²) >= 11 is 0. The highest BCUT2D eigenvalue weighted by atomic mass is 16.3. The molecule has 0 atom stereocenters. The quantitative estimate of drug-likeness (QED) is 0.786. The first kappa shape index (κ1) is 12.3. The average Bonchev–Trinajstić information content (AvgIpc) is 2.90. The molecule has 0 fully saturated rings. The van der Waals surface area contributed by atoms with Crippen molar-refractivity contribution >= 4 is 17.0 Å². The Kier molecular flexibility index (Phi) is 3.41. The van der Waals surface area contributed by atoms with Crippen LogP contribution in [-0.4, -0.2) is 22.4 Å². The number of carbonyl (C=O) groups excluding carboxylic acids is 1. The fraction of sp³-hybridized carbons (Fsp3) is 0.133. The third-order valence-electron chi connectivity index (χ3n) is 2.86. The number of amides is 1. The molecule has 0 aliphatic heterocycles. The van der Waals surface area contributed by atoms with Gasteiger partial charge in [-0.2, -0.15) is 0 Å². The van der Waals surface area contributed by atoms with Crippen molar-refractivity contribution in [3.8, 4) is 0 Å². The average molecular weight is 267 g/mol. The zero-order valence-electron chi connectivity index (χ0n) is 10.7. The Labute approximate surface area is 115 Å². The lowest BCUT2D eigenvalue weighted by Gasteiger charge is -2.02. The molecule has 20 heavy (non-hydrogen) atoms. The fourth-order valence-electron chi connectivity index (χ4n) is 1.90. The van der Waals surface area contributed by atoms with Crippen LogP contribution >= 0.6 is 0 Å². The van der Waals surface area contributed by atoms with Crippen LogP contribution in [0, 0.1) is 0 Å². The Morgan fingerprint density at radius 3 is 2.80 bits per heavy atom. The first-order chi connectivity index (χ1) is 9.83. The van der Waals surface area contributed by atoms with Crippen molar-refractivity contribution in [3.63, 3.8) is 0 Å². The van der Waals surface area contributed by atoms with E-state index in [0.29, 0.717) is 24.6 Å². The number of hydrogen-bond donors (Lipinski definition) is 1. The van der Waals surface area contributed by atoms with Crippen molar-refractivity contribution in [1.29, 1.82) is 0 Å². The Morgan fingerprint density at radius 1 is 1.15 bits per heavy atom. The van der Waals surface area contributed by atoms with E-state index in [1.165, 1.54) is 0 Å². The molecule has 0 aliphatic carbocycles. The van der Waals surface area contributed by atoms with Crippen LogP contribution < -0.4 is 5.32 Å². The molecule has 5 nitrogen and oxygen atoms in total. The van der Waals surface area contributed by atoms with Crippen molar-refractivity contribution in [3.05, 3.63) is 60.2 Å². The number of nitrogens with one attached hydrogen (secondary N) is 1. The molecule has 5 heteroatoms. The van der Waals surface area contributed by atoms with E-state index in [9.17, 15) is 4.79 Å². The summed E-state index contributed by atoms with van der Waals surface area (Å²) in [6.07, 6.45) is 2.14. The standard InChI is InChI=1S/C15H13N3O2/c19-15(12-6-3-4-9-16-12)17-10-8-14-18-11-5-1-2-7-13(11)20-14/h1-7,9H,8,10H2,(H,17,19). The van der Waals surface area contributed by atoms with E-state index in [1.807, 2.05) is 24.3 Å². The lowest BCUT2D eigenvalue weighted by Crippen LogP contribution is -2.26. The number of carbonyl (C=O) groups is 1. The van der Waals surface area contributed by atoms with E-state index in [0.717, 1.165) is 11.1 Å². The van der Waals surface area contributed by atoms with Gasteiger partial charge in [-0.25, -0.2) is 4.98 Å². The third kappa shape index (κ3) is 2.66. The highest BCUT2D eigenvalue weighted by molar-refractivity contribution is 5.92. The van der Waals surface area contributed by atoms with E-state index in [4.69, 9.17) is 4.42 Å². The molecule has 0 radical (unpaired) electrons. The van der Waals surface area contributed by atoms with Gasteiger partial charge in [0.05, 0.1) is 0 Å². The number of hydrogen-bond acceptors (Lipinski definition) is 4. The highest BCUT2D eigenvalue weighted by Crippen LogP contribution is 2.14. The van der Waals surface area contributed by atoms with Gasteiger partial charge in [-0.05, 0) is 24.3 Å². The van der Waals surface area contributed by atoms with Crippen LogP contribution in [-0.2, 0) is 6.42 Å². The summed E-state index contributed by atoms with van der Waals surface area (Å²) in [6, 6.07) is 12.8. The number of para-hydroxylation sites is 2. The molecular weight excluding hydrogens is 254 g/mol. The number of oxazole rings is 1. The normalized spacial score (nSPS) is 10.6. The van der Waals surface area contributed by atoms with E-state index in [2.05, 4.69) is 15.3 Å². The largest absolute Gasteiger partial charge is 0.441 e. The smallest absolute Gasteiger partial charge is 0.269 e. The fourth-order valence-corrected chi connectivity index (χ4v) is 1.90. The second kappa shape index (κ2) is 5.52. The zero-order valence-corrected chi connectivity index (χ0v) is 10.7. The summed E-state index contributed by atoms with van der Waals surface area (Å²) in [5.41, 5.74) is 2.00. The Morgan fingerprint density at radius 2 is 2.00 bits per heavy atom. The molecule has 100 valence electrons. The molecule has 0 saturated carbocycles. The number of fused-ring (bicyclic) bond motifs is 1. The van der Waals surface area contributed by atoms with E-state index in [-0.39, 0.29) is 5.91 Å². The SMILES string of the molecule is O=C(NCCc1nc2ccccc2o1)c1ccccn1. The van der Waals surface area contributed by atoms with Gasteiger partial charge in [-0.3, -0.25) is 9.78 Å². The minimum absolute atomic E-state index is 0.193. The van der Waals surface area contributed by atoms with E-state index < -0.39 is 0 Å². The monoisotopic (exact) mass is 267 g/mol. The van der Waals surface area contributed by atoms with Crippen LogP contribution in [0.15, 0.2) is 53.1 Å². The van der Waals surface area contributed by atoms with Crippen LogP contribution in [0.2, 0.25) is 0 Å². The van der Waals surface area contributed by atoms with Crippen LogP contribution in [0.1, 0.15) is 16.4 Å². The van der Waals surface area contributed by atoms with Crippen LogP contribution in [0.3, 0.4) is 0 Å². The van der Waals surface area contributed by atoms with Crippen molar-refractivity contribution in [2.24, 2.45) is 0 Å². The second-order valence-electron chi connectivity index (χ2n) is 4.30. The van der Waals surface area contributed by atoms with Gasteiger partial charge in [0.2, 0.25) is 0 Å². The lowest BCUT2D eigenvalue weighted by molar-refractivity contribution is 0.0948. The maximum absolute atomic E-state index is 11.8. The second-order valence-corrected chi connectivity index (χ2v) is 4.30.